The molecule has 2 saturated heterocycles. The molecule has 4 amide bonds. The van der Waals surface area contributed by atoms with Crippen molar-refractivity contribution in [2.45, 2.75) is 61.9 Å². The Morgan fingerprint density at radius 3 is 2.64 bits per heavy atom. The summed E-state index contributed by atoms with van der Waals surface area (Å²) in [6.07, 6.45) is 4.68. The molecule has 0 spiro atoms. The molecule has 42 heavy (non-hydrogen) atoms. The summed E-state index contributed by atoms with van der Waals surface area (Å²) in [5.74, 6) is 2.08. The molecule has 0 aromatic heterocycles. The van der Waals surface area contributed by atoms with Gasteiger partial charge < -0.3 is 25.4 Å². The first-order chi connectivity index (χ1) is 20.4. The molecule has 3 aliphatic heterocycles. The van der Waals surface area contributed by atoms with Gasteiger partial charge >= 0.3 is 6.03 Å². The number of aryl methyl sites for hydroxylation is 1. The number of rotatable bonds is 10. The van der Waals surface area contributed by atoms with Crippen molar-refractivity contribution >= 4 is 35.3 Å². The van der Waals surface area contributed by atoms with E-state index in [-0.39, 0.29) is 48.4 Å². The van der Waals surface area contributed by atoms with Gasteiger partial charge in [-0.3, -0.25) is 9.59 Å². The summed E-state index contributed by atoms with van der Waals surface area (Å²) in [6.45, 7) is -0.111. The maximum Gasteiger partial charge on any atom is 0.315 e. The third-order valence-corrected chi connectivity index (χ3v) is 10.3. The predicted molar refractivity (Wildman–Crippen MR) is 161 cm³/mol. The van der Waals surface area contributed by atoms with E-state index in [0.717, 1.165) is 66.2 Å². The number of hydrogen-bond donors (Lipinski definition) is 3. The van der Waals surface area contributed by atoms with E-state index in [4.69, 9.17) is 14.6 Å². The van der Waals surface area contributed by atoms with Crippen molar-refractivity contribution in [1.82, 2.24) is 21.0 Å². The molecule has 11 heteroatoms. The predicted octanol–water partition coefficient (Wildman–Crippen LogP) is 3.40. The molecular formula is C31H37N5O5S. The van der Waals surface area contributed by atoms with E-state index in [1.807, 2.05) is 48.2 Å². The van der Waals surface area contributed by atoms with Crippen molar-refractivity contribution in [1.29, 1.82) is 0 Å². The Kier molecular flexibility index (Phi) is 8.28. The van der Waals surface area contributed by atoms with Crippen molar-refractivity contribution in [3.8, 4) is 11.5 Å². The summed E-state index contributed by atoms with van der Waals surface area (Å²) in [7, 11) is 3.28. The van der Waals surface area contributed by atoms with Gasteiger partial charge in [0.1, 0.15) is 11.5 Å². The number of hydrazone groups is 1. The van der Waals surface area contributed by atoms with Crippen LogP contribution in [-0.4, -0.2) is 72.4 Å². The van der Waals surface area contributed by atoms with Crippen LogP contribution in [0.5, 0.6) is 11.5 Å². The number of fused-ring (bicyclic) bond motifs is 4. The van der Waals surface area contributed by atoms with Gasteiger partial charge in [-0.1, -0.05) is 24.6 Å². The highest BCUT2D eigenvalue weighted by atomic mass is 32.2. The standard InChI is InChI=1S/C31H37N5O5S/c1-40-20-11-8-19(9-12-20)30-22-14-10-18-7-13-21(41-2)15-23(18)28(22)35-36(30)27(38)16-32-26(37)6-4-3-5-25-29-24(17-42-25)33-31(39)34-29/h7-9,11-13,15,22,24-25,29-30H,3-6,10,14,16-17H2,1-2H3,(H,32,37)(H2,33,34,39)/t22-,24+,25+,29+,30-/m1/s1. The van der Waals surface area contributed by atoms with Crippen LogP contribution in [0.15, 0.2) is 47.6 Å². The number of amides is 4. The lowest BCUT2D eigenvalue weighted by Gasteiger charge is -2.30. The van der Waals surface area contributed by atoms with E-state index >= 15 is 0 Å². The van der Waals surface area contributed by atoms with Crippen LogP contribution in [0.2, 0.25) is 0 Å². The minimum absolute atomic E-state index is 0.0329. The third kappa shape index (κ3) is 5.66. The second-order valence-electron chi connectivity index (χ2n) is 11.3. The Bertz CT molecular complexity index is 1380. The summed E-state index contributed by atoms with van der Waals surface area (Å²) in [6, 6.07) is 13.8. The third-order valence-electron chi connectivity index (χ3n) is 8.76. The SMILES string of the molecule is COc1ccc([C@@H]2[C@@H]3CCc4ccc(OC)cc4C3=NN2C(=O)CNC(=O)CCCC[C@@H]2SC[C@@H]3NC(=O)N[C@@H]32)cc1. The minimum atomic E-state index is -0.270. The summed E-state index contributed by atoms with van der Waals surface area (Å²) in [5, 5.41) is 15.6. The van der Waals surface area contributed by atoms with Crippen molar-refractivity contribution in [3.63, 3.8) is 0 Å². The summed E-state index contributed by atoms with van der Waals surface area (Å²) in [4.78, 5) is 37.8. The van der Waals surface area contributed by atoms with Crippen LogP contribution in [0.1, 0.15) is 54.8 Å². The van der Waals surface area contributed by atoms with Gasteiger partial charge in [0.05, 0.1) is 44.6 Å². The molecule has 5 atom stereocenters. The van der Waals surface area contributed by atoms with E-state index in [2.05, 4.69) is 22.0 Å². The number of benzene rings is 2. The first-order valence-electron chi connectivity index (χ1n) is 14.6. The maximum atomic E-state index is 13.6. The average Bonchev–Trinajstić information content (AvgIpc) is 3.70. The zero-order valence-electron chi connectivity index (χ0n) is 23.9. The Morgan fingerprint density at radius 2 is 1.86 bits per heavy atom. The highest BCUT2D eigenvalue weighted by Gasteiger charge is 2.44. The van der Waals surface area contributed by atoms with Crippen LogP contribution in [0.3, 0.4) is 0 Å². The smallest absolute Gasteiger partial charge is 0.315 e. The first kappa shape index (κ1) is 28.4. The highest BCUT2D eigenvalue weighted by Crippen LogP contribution is 2.44. The Morgan fingerprint density at radius 1 is 1.07 bits per heavy atom. The molecule has 0 radical (unpaired) electrons. The lowest BCUT2D eigenvalue weighted by molar-refractivity contribution is -0.134. The van der Waals surface area contributed by atoms with Crippen molar-refractivity contribution in [2.75, 3.05) is 26.5 Å². The van der Waals surface area contributed by atoms with Gasteiger partial charge in [0, 0.05) is 28.9 Å². The molecule has 222 valence electrons. The number of hydrogen-bond acceptors (Lipinski definition) is 7. The van der Waals surface area contributed by atoms with E-state index in [9.17, 15) is 14.4 Å². The van der Waals surface area contributed by atoms with Crippen LogP contribution in [-0.2, 0) is 16.0 Å². The highest BCUT2D eigenvalue weighted by molar-refractivity contribution is 8.00. The largest absolute Gasteiger partial charge is 0.497 e. The molecule has 1 aliphatic carbocycles. The molecule has 2 fully saturated rings. The number of nitrogens with one attached hydrogen (secondary N) is 3. The lowest BCUT2D eigenvalue weighted by atomic mass is 9.77. The van der Waals surface area contributed by atoms with Crippen LogP contribution < -0.4 is 25.4 Å². The van der Waals surface area contributed by atoms with E-state index < -0.39 is 0 Å². The first-order valence-corrected chi connectivity index (χ1v) is 15.7. The summed E-state index contributed by atoms with van der Waals surface area (Å²) >= 11 is 1.88. The molecule has 0 unspecified atom stereocenters. The van der Waals surface area contributed by atoms with Crippen LogP contribution in [0.4, 0.5) is 4.79 Å². The minimum Gasteiger partial charge on any atom is -0.497 e. The molecule has 3 heterocycles. The second-order valence-corrected chi connectivity index (χ2v) is 12.5. The Hall–Kier alpha value is -3.73. The number of unbranched alkanes of at least 4 members (excludes halogenated alkanes) is 1. The average molecular weight is 592 g/mol. The fourth-order valence-corrected chi connectivity index (χ4v) is 8.12. The number of nitrogens with zero attached hydrogens (tertiary/aromatic N) is 2. The zero-order chi connectivity index (χ0) is 29.2. The number of ether oxygens (including phenoxy) is 2. The number of urea groups is 1. The fraction of sp³-hybridized carbons (Fsp3) is 0.484. The van der Waals surface area contributed by atoms with Crippen molar-refractivity contribution in [3.05, 3.63) is 59.2 Å². The van der Waals surface area contributed by atoms with E-state index in [1.165, 1.54) is 5.56 Å². The number of methoxy groups -OCH3 is 2. The monoisotopic (exact) mass is 591 g/mol. The van der Waals surface area contributed by atoms with Gasteiger partial charge in [-0.25, -0.2) is 9.80 Å². The van der Waals surface area contributed by atoms with Gasteiger partial charge in [-0.2, -0.15) is 16.9 Å². The van der Waals surface area contributed by atoms with Crippen LogP contribution >= 0.6 is 11.8 Å². The van der Waals surface area contributed by atoms with Crippen molar-refractivity contribution in [2.24, 2.45) is 11.0 Å². The number of carbonyl (C=O) groups excluding carboxylic acids is 3. The number of thioether (sulfide) groups is 1. The van der Waals surface area contributed by atoms with E-state index in [0.29, 0.717) is 11.7 Å². The van der Waals surface area contributed by atoms with Gasteiger partial charge in [-0.15, -0.1) is 0 Å². The van der Waals surface area contributed by atoms with Crippen molar-refractivity contribution < 1.29 is 23.9 Å². The molecule has 0 bridgehead atoms. The van der Waals surface area contributed by atoms with Gasteiger partial charge in [0.2, 0.25) is 5.91 Å². The molecule has 2 aromatic rings. The van der Waals surface area contributed by atoms with Gasteiger partial charge in [-0.05, 0) is 61.1 Å². The molecule has 10 nitrogen and oxygen atoms in total. The van der Waals surface area contributed by atoms with Crippen LogP contribution in [0, 0.1) is 5.92 Å². The van der Waals surface area contributed by atoms with Gasteiger partial charge in [0.25, 0.3) is 5.91 Å². The summed E-state index contributed by atoms with van der Waals surface area (Å²) < 4.78 is 10.8. The van der Waals surface area contributed by atoms with E-state index in [1.54, 1.807) is 19.2 Å². The molecule has 0 saturated carbocycles. The van der Waals surface area contributed by atoms with Crippen LogP contribution in [0.25, 0.3) is 0 Å². The molecule has 4 aliphatic rings. The molecule has 3 N–H and O–H groups in total. The quantitative estimate of drug-likeness (QED) is 0.288. The molecular weight excluding hydrogens is 554 g/mol. The zero-order valence-corrected chi connectivity index (χ0v) is 24.7. The maximum absolute atomic E-state index is 13.6. The Balaban J connectivity index is 1.09. The number of carbonyl (C=O) groups is 3. The molecule has 6 rings (SSSR count). The Labute approximate surface area is 250 Å². The molecule has 2 aromatic carbocycles. The normalized spacial score (nSPS) is 25.5. The lowest BCUT2D eigenvalue weighted by Crippen LogP contribution is -2.39. The fourth-order valence-electron chi connectivity index (χ4n) is 6.57. The second kappa shape index (κ2) is 12.2. The van der Waals surface area contributed by atoms with Gasteiger partial charge in [0.15, 0.2) is 0 Å². The summed E-state index contributed by atoms with van der Waals surface area (Å²) in [5.41, 5.74) is 4.07. The topological polar surface area (TPSA) is 121 Å².